The Hall–Kier alpha value is -1.69. The standard InChI is InChI=1S/C10H10BrN5/c1-16-6-8(5-15-16)7-3-13-10(14-4-7)9(11)2-12/h2-6H,12H2,1H3. The Labute approximate surface area is 101 Å². The summed E-state index contributed by atoms with van der Waals surface area (Å²) in [4.78, 5) is 8.38. The van der Waals surface area contributed by atoms with Crippen LogP contribution in [-0.4, -0.2) is 19.7 Å². The Morgan fingerprint density at radius 1 is 1.31 bits per heavy atom. The fourth-order valence-electron chi connectivity index (χ4n) is 1.25. The van der Waals surface area contributed by atoms with Gasteiger partial charge in [0.15, 0.2) is 5.82 Å². The van der Waals surface area contributed by atoms with Crippen LogP contribution < -0.4 is 5.73 Å². The normalized spacial score (nSPS) is 11.8. The molecule has 0 spiro atoms. The monoisotopic (exact) mass is 279 g/mol. The summed E-state index contributed by atoms with van der Waals surface area (Å²) in [6.45, 7) is 0. The van der Waals surface area contributed by atoms with Crippen molar-refractivity contribution in [2.75, 3.05) is 0 Å². The maximum atomic E-state index is 5.35. The van der Waals surface area contributed by atoms with Crippen LogP contribution in [0.15, 0.2) is 31.0 Å². The van der Waals surface area contributed by atoms with Gasteiger partial charge in [-0.05, 0) is 15.9 Å². The van der Waals surface area contributed by atoms with E-state index >= 15 is 0 Å². The molecule has 0 unspecified atom stereocenters. The number of hydrogen-bond acceptors (Lipinski definition) is 4. The van der Waals surface area contributed by atoms with Crippen LogP contribution in [0.1, 0.15) is 5.82 Å². The van der Waals surface area contributed by atoms with Crippen molar-refractivity contribution >= 4 is 20.4 Å². The van der Waals surface area contributed by atoms with E-state index in [-0.39, 0.29) is 0 Å². The van der Waals surface area contributed by atoms with Crippen LogP contribution in [-0.2, 0) is 7.05 Å². The molecule has 2 rings (SSSR count). The first-order chi connectivity index (χ1) is 7.70. The van der Waals surface area contributed by atoms with Crippen molar-refractivity contribution in [3.05, 3.63) is 36.8 Å². The highest BCUT2D eigenvalue weighted by Gasteiger charge is 2.04. The number of rotatable bonds is 2. The first kappa shape index (κ1) is 10.8. The van der Waals surface area contributed by atoms with Crippen LogP contribution in [0, 0.1) is 0 Å². The lowest BCUT2D eigenvalue weighted by atomic mass is 10.2. The molecule has 0 radical (unpaired) electrons. The minimum Gasteiger partial charge on any atom is -0.404 e. The van der Waals surface area contributed by atoms with Crippen molar-refractivity contribution in [2.45, 2.75) is 0 Å². The number of aryl methyl sites for hydroxylation is 1. The maximum absolute atomic E-state index is 5.35. The summed E-state index contributed by atoms with van der Waals surface area (Å²) in [7, 11) is 1.87. The molecule has 0 amide bonds. The topological polar surface area (TPSA) is 69.6 Å². The van der Waals surface area contributed by atoms with Crippen molar-refractivity contribution in [3.63, 3.8) is 0 Å². The van der Waals surface area contributed by atoms with Crippen LogP contribution in [0.3, 0.4) is 0 Å². The second-order valence-electron chi connectivity index (χ2n) is 3.21. The molecular weight excluding hydrogens is 270 g/mol. The highest BCUT2D eigenvalue weighted by Crippen LogP contribution is 2.19. The van der Waals surface area contributed by atoms with Gasteiger partial charge in [-0.15, -0.1) is 0 Å². The number of nitrogens with two attached hydrogens (primary N) is 1. The van der Waals surface area contributed by atoms with Gasteiger partial charge >= 0.3 is 0 Å². The molecule has 2 aromatic heterocycles. The average Bonchev–Trinajstić information content (AvgIpc) is 2.75. The molecule has 0 aliphatic heterocycles. The van der Waals surface area contributed by atoms with E-state index in [0.29, 0.717) is 10.3 Å². The summed E-state index contributed by atoms with van der Waals surface area (Å²) in [5.41, 5.74) is 7.27. The Bertz CT molecular complexity index is 514. The lowest BCUT2D eigenvalue weighted by molar-refractivity contribution is 0.768. The van der Waals surface area contributed by atoms with E-state index in [1.54, 1.807) is 23.3 Å². The predicted octanol–water partition coefficient (Wildman–Crippen LogP) is 1.53. The summed E-state index contributed by atoms with van der Waals surface area (Å²) in [6, 6.07) is 0. The largest absolute Gasteiger partial charge is 0.404 e. The van der Waals surface area contributed by atoms with Gasteiger partial charge in [0, 0.05) is 43.0 Å². The summed E-state index contributed by atoms with van der Waals surface area (Å²) in [5.74, 6) is 0.565. The molecule has 0 aromatic carbocycles. The fraction of sp³-hybridized carbons (Fsp3) is 0.100. The van der Waals surface area contributed by atoms with Gasteiger partial charge in [0.2, 0.25) is 0 Å². The highest BCUT2D eigenvalue weighted by molar-refractivity contribution is 9.15. The zero-order valence-electron chi connectivity index (χ0n) is 8.63. The average molecular weight is 280 g/mol. The van der Waals surface area contributed by atoms with Crippen molar-refractivity contribution in [3.8, 4) is 11.1 Å². The van der Waals surface area contributed by atoms with Crippen LogP contribution in [0.4, 0.5) is 0 Å². The van der Waals surface area contributed by atoms with Crippen LogP contribution in [0.5, 0.6) is 0 Å². The quantitative estimate of drug-likeness (QED) is 0.905. The first-order valence-electron chi connectivity index (χ1n) is 4.59. The Kier molecular flexibility index (Phi) is 3.00. The summed E-state index contributed by atoms with van der Waals surface area (Å²) >= 11 is 3.26. The summed E-state index contributed by atoms with van der Waals surface area (Å²) in [6.07, 6.45) is 8.58. The number of hydrogen-bond donors (Lipinski definition) is 1. The molecule has 0 saturated heterocycles. The summed E-state index contributed by atoms with van der Waals surface area (Å²) in [5, 5.41) is 4.09. The van der Waals surface area contributed by atoms with Gasteiger partial charge < -0.3 is 5.73 Å². The van der Waals surface area contributed by atoms with Crippen molar-refractivity contribution < 1.29 is 0 Å². The van der Waals surface area contributed by atoms with E-state index in [1.165, 1.54) is 6.20 Å². The lowest BCUT2D eigenvalue weighted by Gasteiger charge is -1.99. The third-order valence-electron chi connectivity index (χ3n) is 2.05. The fourth-order valence-corrected chi connectivity index (χ4v) is 1.45. The van der Waals surface area contributed by atoms with E-state index in [1.807, 2.05) is 13.2 Å². The smallest absolute Gasteiger partial charge is 0.167 e. The molecule has 0 saturated carbocycles. The molecule has 0 atom stereocenters. The number of aromatic nitrogens is 4. The molecule has 6 heteroatoms. The minimum atomic E-state index is 0.565. The van der Waals surface area contributed by atoms with Gasteiger partial charge in [0.25, 0.3) is 0 Å². The zero-order chi connectivity index (χ0) is 11.5. The Morgan fingerprint density at radius 2 is 2.00 bits per heavy atom. The van der Waals surface area contributed by atoms with Gasteiger partial charge in [0.05, 0.1) is 10.7 Å². The molecule has 82 valence electrons. The molecular formula is C10H10BrN5. The molecule has 2 N–H and O–H groups in total. The third-order valence-corrected chi connectivity index (χ3v) is 2.67. The third kappa shape index (κ3) is 2.11. The van der Waals surface area contributed by atoms with E-state index in [2.05, 4.69) is 31.0 Å². The predicted molar refractivity (Wildman–Crippen MR) is 65.3 cm³/mol. The number of nitrogens with zero attached hydrogens (tertiary/aromatic N) is 4. The summed E-state index contributed by atoms with van der Waals surface area (Å²) < 4.78 is 2.41. The van der Waals surface area contributed by atoms with E-state index in [4.69, 9.17) is 5.73 Å². The van der Waals surface area contributed by atoms with Crippen LogP contribution in [0.25, 0.3) is 15.6 Å². The van der Waals surface area contributed by atoms with Crippen LogP contribution >= 0.6 is 15.9 Å². The molecule has 0 bridgehead atoms. The molecule has 0 aliphatic rings. The molecule has 5 nitrogen and oxygen atoms in total. The van der Waals surface area contributed by atoms with Crippen molar-refractivity contribution in [1.29, 1.82) is 0 Å². The molecule has 2 aromatic rings. The zero-order valence-corrected chi connectivity index (χ0v) is 10.2. The highest BCUT2D eigenvalue weighted by atomic mass is 79.9. The Morgan fingerprint density at radius 3 is 2.50 bits per heavy atom. The van der Waals surface area contributed by atoms with Gasteiger partial charge in [-0.25, -0.2) is 9.97 Å². The lowest BCUT2D eigenvalue weighted by Crippen LogP contribution is -1.92. The van der Waals surface area contributed by atoms with Crippen molar-refractivity contribution in [1.82, 2.24) is 19.7 Å². The first-order valence-corrected chi connectivity index (χ1v) is 5.39. The minimum absolute atomic E-state index is 0.565. The maximum Gasteiger partial charge on any atom is 0.167 e. The number of halogens is 1. The van der Waals surface area contributed by atoms with Gasteiger partial charge in [-0.2, -0.15) is 5.10 Å². The van der Waals surface area contributed by atoms with E-state index in [9.17, 15) is 0 Å². The SMILES string of the molecule is Cn1cc(-c2cnc(C(Br)=CN)nc2)cn1. The van der Waals surface area contributed by atoms with Crippen LogP contribution in [0.2, 0.25) is 0 Å². The molecule has 0 aliphatic carbocycles. The second-order valence-corrected chi connectivity index (χ2v) is 4.07. The van der Waals surface area contributed by atoms with Crippen molar-refractivity contribution in [2.24, 2.45) is 12.8 Å². The van der Waals surface area contributed by atoms with Gasteiger partial charge in [-0.1, -0.05) is 0 Å². The molecule has 2 heterocycles. The second kappa shape index (κ2) is 4.44. The van der Waals surface area contributed by atoms with E-state index < -0.39 is 0 Å². The molecule has 0 fully saturated rings. The van der Waals surface area contributed by atoms with E-state index in [0.717, 1.165) is 11.1 Å². The molecule has 16 heavy (non-hydrogen) atoms. The van der Waals surface area contributed by atoms with Gasteiger partial charge in [-0.3, -0.25) is 4.68 Å². The van der Waals surface area contributed by atoms with Gasteiger partial charge in [0.1, 0.15) is 0 Å². The Balaban J connectivity index is 2.33.